The van der Waals surface area contributed by atoms with Crippen molar-refractivity contribution in [3.05, 3.63) is 50.7 Å². The van der Waals surface area contributed by atoms with Crippen LogP contribution in [0.15, 0.2) is 29.6 Å². The minimum absolute atomic E-state index is 0.342. The van der Waals surface area contributed by atoms with Gasteiger partial charge in [0.2, 0.25) is 0 Å². The van der Waals surface area contributed by atoms with E-state index < -0.39 is 5.97 Å². The van der Waals surface area contributed by atoms with Gasteiger partial charge in [-0.2, -0.15) is 0 Å². The maximum atomic E-state index is 11.8. The Hall–Kier alpha value is -1.91. The van der Waals surface area contributed by atoms with Crippen LogP contribution in [0.2, 0.25) is 5.02 Å². The Morgan fingerprint density at radius 2 is 2.14 bits per heavy atom. The number of aromatic nitrogens is 1. The third kappa shape index (κ3) is 1.79. The smallest absolute Gasteiger partial charge is 0.336 e. The van der Waals surface area contributed by atoms with E-state index in [2.05, 4.69) is 4.98 Å². The summed E-state index contributed by atoms with van der Waals surface area (Å²) in [6.45, 7) is 0. The van der Waals surface area contributed by atoms with Gasteiger partial charge in [0.25, 0.3) is 0 Å². The maximum Gasteiger partial charge on any atom is 0.336 e. The standard InChI is InChI=1S/C16H10ClNO2S/c17-11-3-1-2-9-13(16(19)20)10-4-5-12-8(6-7-21-12)14(10)18-15(9)11/h1-3,6-7H,4-5H2,(H,19,20). The van der Waals surface area contributed by atoms with E-state index in [1.165, 1.54) is 4.88 Å². The topological polar surface area (TPSA) is 50.2 Å². The van der Waals surface area contributed by atoms with Crippen molar-refractivity contribution < 1.29 is 9.90 Å². The lowest BCUT2D eigenvalue weighted by Crippen LogP contribution is -2.12. The summed E-state index contributed by atoms with van der Waals surface area (Å²) in [6.07, 6.45) is 1.58. The third-order valence-corrected chi connectivity index (χ3v) is 5.17. The van der Waals surface area contributed by atoms with Gasteiger partial charge in [0.1, 0.15) is 0 Å². The predicted octanol–water partition coefficient (Wildman–Crippen LogP) is 4.41. The van der Waals surface area contributed by atoms with Gasteiger partial charge in [-0.1, -0.05) is 23.7 Å². The molecule has 3 aromatic rings. The molecule has 0 atom stereocenters. The highest BCUT2D eigenvalue weighted by molar-refractivity contribution is 7.10. The maximum absolute atomic E-state index is 11.8. The van der Waals surface area contributed by atoms with Crippen LogP contribution >= 0.6 is 22.9 Å². The highest BCUT2D eigenvalue weighted by atomic mass is 35.5. The number of thiophene rings is 1. The van der Waals surface area contributed by atoms with Crippen molar-refractivity contribution in [1.29, 1.82) is 0 Å². The monoisotopic (exact) mass is 315 g/mol. The first kappa shape index (κ1) is 12.8. The van der Waals surface area contributed by atoms with Gasteiger partial charge in [-0.3, -0.25) is 0 Å². The van der Waals surface area contributed by atoms with Crippen molar-refractivity contribution in [1.82, 2.24) is 4.98 Å². The van der Waals surface area contributed by atoms with Gasteiger partial charge < -0.3 is 5.11 Å². The van der Waals surface area contributed by atoms with Crippen molar-refractivity contribution in [3.8, 4) is 11.3 Å². The number of halogens is 1. The molecule has 0 spiro atoms. The van der Waals surface area contributed by atoms with Gasteiger partial charge in [0.05, 0.1) is 21.8 Å². The summed E-state index contributed by atoms with van der Waals surface area (Å²) in [6, 6.07) is 7.30. The van der Waals surface area contributed by atoms with Crippen LogP contribution < -0.4 is 0 Å². The molecule has 0 unspecified atom stereocenters. The van der Waals surface area contributed by atoms with E-state index >= 15 is 0 Å². The molecule has 2 aromatic heterocycles. The van der Waals surface area contributed by atoms with Crippen LogP contribution in [0.4, 0.5) is 0 Å². The van der Waals surface area contributed by atoms with E-state index in [0.29, 0.717) is 27.9 Å². The molecule has 1 aliphatic rings. The third-order valence-electron chi connectivity index (χ3n) is 3.88. The molecule has 1 aromatic carbocycles. The SMILES string of the molecule is O=C(O)c1c2c(nc3c(Cl)cccc13)-c1ccsc1CC2. The van der Waals surface area contributed by atoms with E-state index in [4.69, 9.17) is 11.6 Å². The number of carbonyl (C=O) groups is 1. The number of aryl methyl sites for hydroxylation is 1. The van der Waals surface area contributed by atoms with Gasteiger partial charge in [-0.25, -0.2) is 9.78 Å². The molecule has 104 valence electrons. The number of hydrogen-bond acceptors (Lipinski definition) is 3. The molecular weight excluding hydrogens is 306 g/mol. The molecule has 3 nitrogen and oxygen atoms in total. The zero-order valence-electron chi connectivity index (χ0n) is 10.9. The normalized spacial score (nSPS) is 13.0. The molecule has 0 aliphatic heterocycles. The van der Waals surface area contributed by atoms with E-state index in [1.807, 2.05) is 11.4 Å². The average molecular weight is 316 g/mol. The number of carboxylic acids is 1. The molecule has 0 bridgehead atoms. The molecule has 4 rings (SSSR count). The van der Waals surface area contributed by atoms with Crippen LogP contribution in [0.25, 0.3) is 22.2 Å². The van der Waals surface area contributed by atoms with Crippen molar-refractivity contribution in [3.63, 3.8) is 0 Å². The van der Waals surface area contributed by atoms with Crippen molar-refractivity contribution in [2.45, 2.75) is 12.8 Å². The first-order chi connectivity index (χ1) is 10.2. The fourth-order valence-electron chi connectivity index (χ4n) is 2.99. The molecule has 0 saturated carbocycles. The van der Waals surface area contributed by atoms with Gasteiger partial charge in [-0.15, -0.1) is 11.3 Å². The summed E-state index contributed by atoms with van der Waals surface area (Å²) in [4.78, 5) is 17.7. The lowest BCUT2D eigenvalue weighted by atomic mass is 9.89. The fraction of sp³-hybridized carbons (Fsp3) is 0.125. The Bertz CT molecular complexity index is 901. The average Bonchev–Trinajstić information content (AvgIpc) is 2.94. The van der Waals surface area contributed by atoms with Crippen LogP contribution in [0, 0.1) is 0 Å². The van der Waals surface area contributed by atoms with Crippen LogP contribution in [0.5, 0.6) is 0 Å². The zero-order chi connectivity index (χ0) is 14.6. The van der Waals surface area contributed by atoms with Crippen LogP contribution in [0.1, 0.15) is 20.8 Å². The number of hydrogen-bond donors (Lipinski definition) is 1. The molecule has 0 amide bonds. The van der Waals surface area contributed by atoms with Gasteiger partial charge in [0, 0.05) is 15.8 Å². The molecule has 2 heterocycles. The molecule has 21 heavy (non-hydrogen) atoms. The van der Waals surface area contributed by atoms with E-state index in [9.17, 15) is 9.90 Å². The first-order valence-electron chi connectivity index (χ1n) is 6.58. The Morgan fingerprint density at radius 1 is 1.29 bits per heavy atom. The van der Waals surface area contributed by atoms with Crippen LogP contribution in [-0.4, -0.2) is 16.1 Å². The van der Waals surface area contributed by atoms with Crippen LogP contribution in [0.3, 0.4) is 0 Å². The fourth-order valence-corrected chi connectivity index (χ4v) is 4.08. The Labute approximate surface area is 129 Å². The Morgan fingerprint density at radius 3 is 2.95 bits per heavy atom. The highest BCUT2D eigenvalue weighted by Crippen LogP contribution is 2.40. The molecular formula is C16H10ClNO2S. The number of benzene rings is 1. The largest absolute Gasteiger partial charge is 0.478 e. The van der Waals surface area contributed by atoms with Gasteiger partial charge in [0.15, 0.2) is 0 Å². The van der Waals surface area contributed by atoms with Gasteiger partial charge in [-0.05, 0) is 35.9 Å². The van der Waals surface area contributed by atoms with Crippen molar-refractivity contribution in [2.24, 2.45) is 0 Å². The summed E-state index contributed by atoms with van der Waals surface area (Å²) in [7, 11) is 0. The Kier molecular flexibility index (Phi) is 2.77. The quantitative estimate of drug-likeness (QED) is 0.723. The second-order valence-electron chi connectivity index (χ2n) is 5.01. The molecule has 0 fully saturated rings. The van der Waals surface area contributed by atoms with E-state index in [0.717, 1.165) is 23.2 Å². The van der Waals surface area contributed by atoms with Gasteiger partial charge >= 0.3 is 5.97 Å². The predicted molar refractivity (Wildman–Crippen MR) is 84.4 cm³/mol. The van der Waals surface area contributed by atoms with Crippen molar-refractivity contribution in [2.75, 3.05) is 0 Å². The number of fused-ring (bicyclic) bond motifs is 4. The lowest BCUT2D eigenvalue weighted by Gasteiger charge is -2.19. The summed E-state index contributed by atoms with van der Waals surface area (Å²) in [5.41, 5.74) is 3.55. The van der Waals surface area contributed by atoms with E-state index in [1.54, 1.807) is 29.5 Å². The number of rotatable bonds is 1. The zero-order valence-corrected chi connectivity index (χ0v) is 12.5. The number of nitrogens with zero attached hydrogens (tertiary/aromatic N) is 1. The van der Waals surface area contributed by atoms with Crippen molar-refractivity contribution >= 4 is 39.8 Å². The summed E-state index contributed by atoms with van der Waals surface area (Å²) in [5.74, 6) is -0.917. The first-order valence-corrected chi connectivity index (χ1v) is 7.83. The number of aromatic carboxylic acids is 1. The Balaban J connectivity index is 2.19. The summed E-state index contributed by atoms with van der Waals surface area (Å²) in [5, 5.41) is 12.8. The minimum atomic E-state index is -0.917. The number of pyridine rings is 1. The number of carboxylic acid groups (broad SMARTS) is 1. The molecule has 0 saturated heterocycles. The summed E-state index contributed by atoms with van der Waals surface area (Å²) < 4.78 is 0. The second kappa shape index (κ2) is 4.55. The summed E-state index contributed by atoms with van der Waals surface area (Å²) >= 11 is 7.92. The van der Waals surface area contributed by atoms with Crippen LogP contribution in [-0.2, 0) is 12.8 Å². The number of para-hydroxylation sites is 1. The van der Waals surface area contributed by atoms with E-state index in [-0.39, 0.29) is 0 Å². The highest BCUT2D eigenvalue weighted by Gasteiger charge is 2.26. The lowest BCUT2D eigenvalue weighted by molar-refractivity contribution is 0.0698. The molecule has 0 radical (unpaired) electrons. The second-order valence-corrected chi connectivity index (χ2v) is 6.42. The minimum Gasteiger partial charge on any atom is -0.478 e. The molecule has 1 N–H and O–H groups in total. The molecule has 1 aliphatic carbocycles. The molecule has 5 heteroatoms.